The maximum atomic E-state index is 11.1. The van der Waals surface area contributed by atoms with E-state index < -0.39 is 10.5 Å². The van der Waals surface area contributed by atoms with Gasteiger partial charge in [0.1, 0.15) is 0 Å². The fourth-order valence-electron chi connectivity index (χ4n) is 1.29. The van der Waals surface area contributed by atoms with E-state index in [9.17, 15) is 9.59 Å². The SMILES string of the molecule is CCc1cccc(C(=O)Cl)c1C(=O)Cl. The minimum Gasteiger partial charge on any atom is -0.276 e. The second kappa shape index (κ2) is 4.58. The van der Waals surface area contributed by atoms with Crippen molar-refractivity contribution >= 4 is 33.7 Å². The highest BCUT2D eigenvalue weighted by molar-refractivity contribution is 6.72. The molecule has 1 aromatic carbocycles. The third-order valence-electron chi connectivity index (χ3n) is 1.94. The predicted molar refractivity (Wildman–Crippen MR) is 56.2 cm³/mol. The van der Waals surface area contributed by atoms with Crippen molar-refractivity contribution in [3.05, 3.63) is 34.9 Å². The number of carbonyl (C=O) groups is 2. The Morgan fingerprint density at radius 1 is 1.21 bits per heavy atom. The Bertz CT molecular complexity index is 386. The normalized spacial score (nSPS) is 9.93. The van der Waals surface area contributed by atoms with Crippen molar-refractivity contribution in [1.29, 1.82) is 0 Å². The van der Waals surface area contributed by atoms with Gasteiger partial charge in [-0.05, 0) is 41.3 Å². The van der Waals surface area contributed by atoms with Crippen LogP contribution in [0.15, 0.2) is 18.2 Å². The minimum absolute atomic E-state index is 0.172. The van der Waals surface area contributed by atoms with Gasteiger partial charge in [0.05, 0.1) is 0 Å². The van der Waals surface area contributed by atoms with E-state index in [0.29, 0.717) is 6.42 Å². The maximum Gasteiger partial charge on any atom is 0.253 e. The molecule has 0 atom stereocenters. The fourth-order valence-corrected chi connectivity index (χ4v) is 1.67. The largest absolute Gasteiger partial charge is 0.276 e. The van der Waals surface area contributed by atoms with Gasteiger partial charge in [0, 0.05) is 11.1 Å². The summed E-state index contributed by atoms with van der Waals surface area (Å²) in [6.45, 7) is 1.88. The third-order valence-corrected chi connectivity index (χ3v) is 2.33. The lowest BCUT2D eigenvalue weighted by atomic mass is 10.0. The van der Waals surface area contributed by atoms with E-state index in [1.165, 1.54) is 6.07 Å². The summed E-state index contributed by atoms with van der Waals surface area (Å²) in [5.41, 5.74) is 1.12. The van der Waals surface area contributed by atoms with Crippen LogP contribution in [0.3, 0.4) is 0 Å². The molecule has 2 nitrogen and oxygen atoms in total. The number of rotatable bonds is 3. The average molecular weight is 231 g/mol. The Morgan fingerprint density at radius 2 is 1.86 bits per heavy atom. The van der Waals surface area contributed by atoms with Gasteiger partial charge in [-0.25, -0.2) is 0 Å². The zero-order valence-electron chi connectivity index (χ0n) is 7.51. The van der Waals surface area contributed by atoms with Crippen molar-refractivity contribution in [2.75, 3.05) is 0 Å². The van der Waals surface area contributed by atoms with Gasteiger partial charge in [-0.1, -0.05) is 19.1 Å². The first-order chi connectivity index (χ1) is 6.57. The number of carbonyl (C=O) groups excluding carboxylic acids is 2. The molecule has 0 bridgehead atoms. The Labute approximate surface area is 91.8 Å². The van der Waals surface area contributed by atoms with Gasteiger partial charge in [-0.15, -0.1) is 0 Å². The second-order valence-electron chi connectivity index (χ2n) is 2.74. The van der Waals surface area contributed by atoms with Crippen LogP contribution in [0.5, 0.6) is 0 Å². The van der Waals surface area contributed by atoms with Crippen LogP contribution in [0, 0.1) is 0 Å². The summed E-state index contributed by atoms with van der Waals surface area (Å²) in [4.78, 5) is 22.1. The van der Waals surface area contributed by atoms with Crippen LogP contribution in [0.4, 0.5) is 0 Å². The molecular formula is C10H8Cl2O2. The summed E-state index contributed by atoms with van der Waals surface area (Å²) >= 11 is 10.7. The highest BCUT2D eigenvalue weighted by Gasteiger charge is 2.16. The number of benzene rings is 1. The monoisotopic (exact) mass is 230 g/mol. The van der Waals surface area contributed by atoms with E-state index in [1.807, 2.05) is 6.92 Å². The highest BCUT2D eigenvalue weighted by atomic mass is 35.5. The summed E-state index contributed by atoms with van der Waals surface area (Å²) in [6.07, 6.45) is 0.631. The number of aryl methyl sites for hydroxylation is 1. The summed E-state index contributed by atoms with van der Waals surface area (Å²) in [7, 11) is 0. The molecule has 0 aromatic heterocycles. The van der Waals surface area contributed by atoms with Gasteiger partial charge in [-0.3, -0.25) is 9.59 Å². The van der Waals surface area contributed by atoms with E-state index in [2.05, 4.69) is 0 Å². The van der Waals surface area contributed by atoms with Crippen LogP contribution in [0.1, 0.15) is 33.2 Å². The number of hydrogen-bond acceptors (Lipinski definition) is 2. The zero-order chi connectivity index (χ0) is 10.7. The van der Waals surface area contributed by atoms with Gasteiger partial charge in [-0.2, -0.15) is 0 Å². The molecule has 0 N–H and O–H groups in total. The van der Waals surface area contributed by atoms with Crippen LogP contribution in [0.2, 0.25) is 0 Å². The quantitative estimate of drug-likeness (QED) is 0.749. The van der Waals surface area contributed by atoms with Crippen LogP contribution in [-0.4, -0.2) is 10.5 Å². The molecule has 4 heteroatoms. The van der Waals surface area contributed by atoms with E-state index >= 15 is 0 Å². The second-order valence-corrected chi connectivity index (χ2v) is 3.43. The standard InChI is InChI=1S/C10H8Cl2O2/c1-2-6-4-3-5-7(9(11)13)8(6)10(12)14/h3-5H,2H2,1H3. The van der Waals surface area contributed by atoms with Crippen LogP contribution in [-0.2, 0) is 6.42 Å². The Balaban J connectivity index is 3.43. The van der Waals surface area contributed by atoms with Crippen LogP contribution >= 0.6 is 23.2 Å². The lowest BCUT2D eigenvalue weighted by Gasteiger charge is -2.06. The predicted octanol–water partition coefficient (Wildman–Crippen LogP) is 3.01. The molecule has 0 unspecified atom stereocenters. The lowest BCUT2D eigenvalue weighted by molar-refractivity contribution is 0.105. The van der Waals surface area contributed by atoms with Gasteiger partial charge in [0.25, 0.3) is 10.5 Å². The Hall–Kier alpha value is -0.860. The molecule has 0 aliphatic rings. The maximum absolute atomic E-state index is 11.1. The average Bonchev–Trinajstić information content (AvgIpc) is 2.16. The number of hydrogen-bond donors (Lipinski definition) is 0. The van der Waals surface area contributed by atoms with E-state index in [0.717, 1.165) is 5.56 Å². The molecule has 0 saturated carbocycles. The van der Waals surface area contributed by atoms with Crippen LogP contribution < -0.4 is 0 Å². The molecule has 1 rings (SSSR count). The van der Waals surface area contributed by atoms with Crippen molar-refractivity contribution in [3.63, 3.8) is 0 Å². The molecule has 0 fully saturated rings. The molecule has 0 aliphatic heterocycles. The third kappa shape index (κ3) is 2.14. The highest BCUT2D eigenvalue weighted by Crippen LogP contribution is 2.19. The summed E-state index contributed by atoms with van der Waals surface area (Å²) in [5, 5.41) is -1.31. The van der Waals surface area contributed by atoms with E-state index in [1.54, 1.807) is 12.1 Å². The van der Waals surface area contributed by atoms with Gasteiger partial charge >= 0.3 is 0 Å². The molecule has 0 aliphatic carbocycles. The molecule has 0 radical (unpaired) electrons. The summed E-state index contributed by atoms with van der Waals surface area (Å²) in [5.74, 6) is 0. The van der Waals surface area contributed by atoms with Crippen LogP contribution in [0.25, 0.3) is 0 Å². The molecule has 74 valence electrons. The van der Waals surface area contributed by atoms with Crippen molar-refractivity contribution in [3.8, 4) is 0 Å². The summed E-state index contributed by atoms with van der Waals surface area (Å²) < 4.78 is 0. The molecular weight excluding hydrogens is 223 g/mol. The lowest BCUT2D eigenvalue weighted by Crippen LogP contribution is -2.04. The Morgan fingerprint density at radius 3 is 2.29 bits per heavy atom. The van der Waals surface area contributed by atoms with Crippen molar-refractivity contribution in [2.24, 2.45) is 0 Å². The Kier molecular flexibility index (Phi) is 3.67. The number of halogens is 2. The fraction of sp³-hybridized carbons (Fsp3) is 0.200. The molecule has 0 spiro atoms. The van der Waals surface area contributed by atoms with E-state index in [-0.39, 0.29) is 11.1 Å². The smallest absolute Gasteiger partial charge is 0.253 e. The van der Waals surface area contributed by atoms with Crippen molar-refractivity contribution in [2.45, 2.75) is 13.3 Å². The van der Waals surface area contributed by atoms with Gasteiger partial charge < -0.3 is 0 Å². The first kappa shape index (κ1) is 11.2. The molecule has 14 heavy (non-hydrogen) atoms. The molecule has 1 aromatic rings. The van der Waals surface area contributed by atoms with Gasteiger partial charge in [0.15, 0.2) is 0 Å². The summed E-state index contributed by atoms with van der Waals surface area (Å²) in [6, 6.07) is 4.92. The van der Waals surface area contributed by atoms with Crippen molar-refractivity contribution in [1.82, 2.24) is 0 Å². The first-order valence-electron chi connectivity index (χ1n) is 4.09. The molecule has 0 amide bonds. The van der Waals surface area contributed by atoms with E-state index in [4.69, 9.17) is 23.2 Å². The first-order valence-corrected chi connectivity index (χ1v) is 4.85. The molecule has 0 heterocycles. The zero-order valence-corrected chi connectivity index (χ0v) is 9.02. The topological polar surface area (TPSA) is 34.1 Å². The van der Waals surface area contributed by atoms with Crippen molar-refractivity contribution < 1.29 is 9.59 Å². The minimum atomic E-state index is -0.663. The van der Waals surface area contributed by atoms with Gasteiger partial charge in [0.2, 0.25) is 0 Å². The molecule has 0 saturated heterocycles.